The Balaban J connectivity index is 1.14. The first-order valence-corrected chi connectivity index (χ1v) is 13.6. The van der Waals surface area contributed by atoms with E-state index >= 15 is 0 Å². The molecule has 2 amide bonds. The lowest BCUT2D eigenvalue weighted by Crippen LogP contribution is -2.19. The number of amides is 2. The molecule has 0 unspecified atom stereocenters. The van der Waals surface area contributed by atoms with Crippen LogP contribution < -0.4 is 20.2 Å². The van der Waals surface area contributed by atoms with Crippen LogP contribution in [0.4, 0.5) is 5.13 Å². The maximum absolute atomic E-state index is 12.5. The third-order valence-corrected chi connectivity index (χ3v) is 7.08. The van der Waals surface area contributed by atoms with Crippen LogP contribution in [0.5, 0.6) is 11.5 Å². The first-order chi connectivity index (χ1) is 20.0. The average Bonchev–Trinajstić information content (AvgIpc) is 3.42. The number of aryl methyl sites for hydroxylation is 1. The minimum Gasteiger partial charge on any atom is -0.493 e. The van der Waals surface area contributed by atoms with Gasteiger partial charge < -0.3 is 9.47 Å². The number of aromatic nitrogens is 2. The highest BCUT2D eigenvalue weighted by Crippen LogP contribution is 2.29. The molecule has 0 aliphatic rings. The summed E-state index contributed by atoms with van der Waals surface area (Å²) in [5.41, 5.74) is 5.69. The van der Waals surface area contributed by atoms with Crippen LogP contribution in [0.2, 0.25) is 0 Å². The number of methoxy groups -OCH3 is 1. The highest BCUT2D eigenvalue weighted by Gasteiger charge is 2.14. The highest BCUT2D eigenvalue weighted by atomic mass is 32.1. The number of hydrogen-bond donors (Lipinski definition) is 2. The summed E-state index contributed by atoms with van der Waals surface area (Å²) in [6, 6.07) is 27.0. The number of carbonyl (C=O) groups excluding carboxylic acids is 2. The van der Waals surface area contributed by atoms with E-state index in [4.69, 9.17) is 9.47 Å². The van der Waals surface area contributed by atoms with E-state index in [0.717, 1.165) is 38.8 Å². The van der Waals surface area contributed by atoms with E-state index in [2.05, 4.69) is 44.2 Å². The van der Waals surface area contributed by atoms with Crippen LogP contribution in [-0.4, -0.2) is 35.3 Å². The molecule has 0 fully saturated rings. The first-order valence-electron chi connectivity index (χ1n) is 12.8. The van der Waals surface area contributed by atoms with Crippen molar-refractivity contribution in [3.05, 3.63) is 112 Å². The van der Waals surface area contributed by atoms with Crippen molar-refractivity contribution in [1.82, 2.24) is 15.6 Å². The number of nitrogens with zero attached hydrogens (tertiary/aromatic N) is 3. The number of carbonyl (C=O) groups is 2. The van der Waals surface area contributed by atoms with E-state index in [1.165, 1.54) is 6.21 Å². The lowest BCUT2D eigenvalue weighted by atomic mass is 10.1. The van der Waals surface area contributed by atoms with Crippen molar-refractivity contribution in [3.63, 3.8) is 0 Å². The van der Waals surface area contributed by atoms with Gasteiger partial charge in [0.25, 0.3) is 5.91 Å². The van der Waals surface area contributed by atoms with Crippen LogP contribution in [0, 0.1) is 6.92 Å². The van der Waals surface area contributed by atoms with Crippen LogP contribution in [0.15, 0.2) is 90.0 Å². The zero-order chi connectivity index (χ0) is 28.6. The smallest absolute Gasteiger partial charge is 0.257 e. The van der Waals surface area contributed by atoms with Gasteiger partial charge in [0.05, 0.1) is 19.7 Å². The second-order valence-electron chi connectivity index (χ2n) is 9.08. The molecule has 4 aromatic carbocycles. The van der Waals surface area contributed by atoms with Crippen molar-refractivity contribution in [2.75, 3.05) is 12.4 Å². The van der Waals surface area contributed by atoms with Crippen molar-refractivity contribution in [3.8, 4) is 11.5 Å². The molecule has 0 aliphatic carbocycles. The standard InChI is InChI=1S/C31H27N5O4S/c1-20-8-3-5-12-24(20)30(38)33-31-36-35-29(41-31)17-28(37)34-32-18-21-14-15-26(27(16-21)39-2)40-19-23-11-7-10-22-9-4-6-13-25(22)23/h3-16,18H,17,19H2,1-2H3,(H,34,37)(H,33,36,38)/b32-18-. The van der Waals surface area contributed by atoms with E-state index in [1.54, 1.807) is 31.4 Å². The predicted octanol–water partition coefficient (Wildman–Crippen LogP) is 5.53. The lowest BCUT2D eigenvalue weighted by Gasteiger charge is -2.12. The fraction of sp³-hybridized carbons (Fsp3) is 0.129. The molecule has 1 aromatic heterocycles. The number of hydrogen-bond acceptors (Lipinski definition) is 8. The molecule has 9 nitrogen and oxygen atoms in total. The molecule has 0 atom stereocenters. The van der Waals surface area contributed by atoms with E-state index in [-0.39, 0.29) is 18.2 Å². The zero-order valence-electron chi connectivity index (χ0n) is 22.5. The van der Waals surface area contributed by atoms with E-state index in [9.17, 15) is 9.59 Å². The summed E-state index contributed by atoms with van der Waals surface area (Å²) in [7, 11) is 1.57. The van der Waals surface area contributed by atoms with Gasteiger partial charge in [-0.3, -0.25) is 14.9 Å². The van der Waals surface area contributed by atoms with Gasteiger partial charge in [0, 0.05) is 5.56 Å². The van der Waals surface area contributed by atoms with Crippen LogP contribution in [0.25, 0.3) is 10.8 Å². The number of anilines is 1. The summed E-state index contributed by atoms with van der Waals surface area (Å²) in [5.74, 6) is 0.509. The van der Waals surface area contributed by atoms with Gasteiger partial charge in [0.15, 0.2) is 11.5 Å². The fourth-order valence-corrected chi connectivity index (χ4v) is 4.91. The Hall–Kier alpha value is -5.09. The molecular weight excluding hydrogens is 538 g/mol. The topological polar surface area (TPSA) is 115 Å². The fourth-order valence-electron chi connectivity index (χ4n) is 4.18. The van der Waals surface area contributed by atoms with Crippen LogP contribution in [-0.2, 0) is 17.8 Å². The van der Waals surface area contributed by atoms with Crippen molar-refractivity contribution in [2.45, 2.75) is 20.0 Å². The van der Waals surface area contributed by atoms with Gasteiger partial charge in [-0.2, -0.15) is 5.10 Å². The lowest BCUT2D eigenvalue weighted by molar-refractivity contribution is -0.120. The minimum absolute atomic E-state index is 0.0283. The Morgan fingerprint density at radius 1 is 0.951 bits per heavy atom. The normalized spacial score (nSPS) is 11.0. The number of rotatable bonds is 10. The number of nitrogens with one attached hydrogen (secondary N) is 2. The molecule has 0 bridgehead atoms. The molecule has 10 heteroatoms. The molecule has 0 aliphatic heterocycles. The third-order valence-electron chi connectivity index (χ3n) is 6.24. The van der Waals surface area contributed by atoms with E-state index in [1.807, 2.05) is 49.4 Å². The van der Waals surface area contributed by atoms with Gasteiger partial charge in [0.2, 0.25) is 11.0 Å². The van der Waals surface area contributed by atoms with Crippen LogP contribution in [0.3, 0.4) is 0 Å². The monoisotopic (exact) mass is 565 g/mol. The maximum atomic E-state index is 12.5. The van der Waals surface area contributed by atoms with Gasteiger partial charge in [0.1, 0.15) is 11.6 Å². The predicted molar refractivity (Wildman–Crippen MR) is 160 cm³/mol. The van der Waals surface area contributed by atoms with Crippen molar-refractivity contribution in [1.29, 1.82) is 0 Å². The molecule has 41 heavy (non-hydrogen) atoms. The first kappa shape index (κ1) is 27.5. The maximum Gasteiger partial charge on any atom is 0.257 e. The molecule has 0 saturated heterocycles. The second-order valence-corrected chi connectivity index (χ2v) is 10.1. The molecule has 206 valence electrons. The number of fused-ring (bicyclic) bond motifs is 1. The van der Waals surface area contributed by atoms with E-state index < -0.39 is 0 Å². The molecule has 2 N–H and O–H groups in total. The van der Waals surface area contributed by atoms with Gasteiger partial charge in [-0.1, -0.05) is 72.0 Å². The van der Waals surface area contributed by atoms with Crippen molar-refractivity contribution in [2.24, 2.45) is 5.10 Å². The second kappa shape index (κ2) is 12.8. The Bertz CT molecular complexity index is 1730. The highest BCUT2D eigenvalue weighted by molar-refractivity contribution is 7.15. The molecule has 0 radical (unpaired) electrons. The zero-order valence-corrected chi connectivity index (χ0v) is 23.3. The quantitative estimate of drug-likeness (QED) is 0.170. The molecular formula is C31H27N5O4S. The summed E-state index contributed by atoms with van der Waals surface area (Å²) in [6.45, 7) is 2.25. The Morgan fingerprint density at radius 2 is 1.76 bits per heavy atom. The van der Waals surface area contributed by atoms with Gasteiger partial charge in [-0.25, -0.2) is 5.43 Å². The molecule has 0 saturated carbocycles. The molecule has 5 rings (SSSR count). The summed E-state index contributed by atoms with van der Waals surface area (Å²) in [5, 5.41) is 17.8. The van der Waals surface area contributed by atoms with Crippen LogP contribution >= 0.6 is 11.3 Å². The average molecular weight is 566 g/mol. The Labute approximate surface area is 240 Å². The summed E-state index contributed by atoms with van der Waals surface area (Å²) < 4.78 is 11.6. The number of hydrazone groups is 1. The van der Waals surface area contributed by atoms with E-state index in [0.29, 0.717) is 33.8 Å². The van der Waals surface area contributed by atoms with Crippen molar-refractivity contribution < 1.29 is 19.1 Å². The van der Waals surface area contributed by atoms with Gasteiger partial charge in [-0.05, 0) is 58.7 Å². The van der Waals surface area contributed by atoms with Crippen LogP contribution in [0.1, 0.15) is 32.1 Å². The SMILES string of the molecule is COc1cc(/C=N\NC(=O)Cc2nnc(NC(=O)c3ccccc3C)s2)ccc1OCc1cccc2ccccc12. The number of ether oxygens (including phenoxy) is 2. The summed E-state index contributed by atoms with van der Waals surface area (Å²) in [4.78, 5) is 24.8. The molecule has 5 aromatic rings. The Morgan fingerprint density at radius 3 is 2.61 bits per heavy atom. The van der Waals surface area contributed by atoms with Crippen molar-refractivity contribution >= 4 is 45.3 Å². The summed E-state index contributed by atoms with van der Waals surface area (Å²) >= 11 is 1.13. The Kier molecular flexibility index (Phi) is 8.61. The van der Waals surface area contributed by atoms with Gasteiger partial charge >= 0.3 is 0 Å². The third kappa shape index (κ3) is 6.92. The summed E-state index contributed by atoms with van der Waals surface area (Å²) in [6.07, 6.45) is 1.49. The molecule has 1 heterocycles. The molecule has 0 spiro atoms. The van der Waals surface area contributed by atoms with Gasteiger partial charge in [-0.15, -0.1) is 10.2 Å². The largest absolute Gasteiger partial charge is 0.493 e. The minimum atomic E-state index is -0.365. The number of benzene rings is 4.